The third-order valence-corrected chi connectivity index (χ3v) is 4.99. The van der Waals surface area contributed by atoms with Crippen LogP contribution in [0.4, 0.5) is 0 Å². The Hall–Kier alpha value is -1.06. The second kappa shape index (κ2) is 19.3. The van der Waals surface area contributed by atoms with Crippen LogP contribution in [-0.4, -0.2) is 18.2 Å². The normalized spacial score (nSPS) is 12.2. The maximum atomic E-state index is 11.8. The van der Waals surface area contributed by atoms with E-state index in [9.17, 15) is 9.59 Å². The summed E-state index contributed by atoms with van der Waals surface area (Å²) < 4.78 is 10.4. The van der Waals surface area contributed by atoms with E-state index in [1.54, 1.807) is 6.92 Å². The van der Waals surface area contributed by atoms with Crippen LogP contribution in [-0.2, 0) is 19.1 Å². The van der Waals surface area contributed by atoms with Gasteiger partial charge in [-0.05, 0) is 18.8 Å². The first-order valence-corrected chi connectivity index (χ1v) is 11.8. The molecule has 0 saturated heterocycles. The number of carbonyl (C=O) groups excluding carboxylic acids is 2. The highest BCUT2D eigenvalue weighted by atomic mass is 16.7. The van der Waals surface area contributed by atoms with Gasteiger partial charge in [-0.3, -0.25) is 9.59 Å². The number of hydrogen-bond donors (Lipinski definition) is 0. The third-order valence-electron chi connectivity index (χ3n) is 4.99. The van der Waals surface area contributed by atoms with Gasteiger partial charge in [0.1, 0.15) is 0 Å². The molecule has 0 aromatic heterocycles. The Morgan fingerprint density at radius 2 is 1.00 bits per heavy atom. The maximum absolute atomic E-state index is 11.8. The Kier molecular flexibility index (Phi) is 18.5. The minimum atomic E-state index is -0.778. The van der Waals surface area contributed by atoms with Crippen LogP contribution in [0.3, 0.4) is 0 Å². The highest BCUT2D eigenvalue weighted by molar-refractivity contribution is 5.71. The summed E-state index contributed by atoms with van der Waals surface area (Å²) in [6, 6.07) is 0. The molecule has 0 fully saturated rings. The molecule has 0 aliphatic rings. The summed E-state index contributed by atoms with van der Waals surface area (Å²) in [4.78, 5) is 23.6. The van der Waals surface area contributed by atoms with Crippen molar-refractivity contribution in [3.05, 3.63) is 0 Å². The van der Waals surface area contributed by atoms with Gasteiger partial charge in [0.05, 0.1) is 0 Å². The Bertz CT molecular complexity index is 379. The first-order valence-electron chi connectivity index (χ1n) is 11.8. The first-order chi connectivity index (χ1) is 13.5. The number of hydrogen-bond acceptors (Lipinski definition) is 4. The molecule has 4 nitrogen and oxygen atoms in total. The van der Waals surface area contributed by atoms with Gasteiger partial charge >= 0.3 is 11.9 Å². The second-order valence-electron chi connectivity index (χ2n) is 8.47. The SMILES string of the molecule is CCCCCCCCCCC(=O)OC(C)OC(=O)CCCCCCCC(C)C. The molecule has 0 N–H and O–H groups in total. The van der Waals surface area contributed by atoms with Crippen molar-refractivity contribution >= 4 is 11.9 Å². The lowest BCUT2D eigenvalue weighted by Gasteiger charge is -2.14. The molecule has 0 amide bonds. The molecule has 0 aromatic rings. The van der Waals surface area contributed by atoms with Crippen LogP contribution in [0.15, 0.2) is 0 Å². The van der Waals surface area contributed by atoms with Crippen molar-refractivity contribution in [2.24, 2.45) is 5.92 Å². The molecular formula is C24H46O4. The van der Waals surface area contributed by atoms with Crippen molar-refractivity contribution in [1.29, 1.82) is 0 Å². The molecule has 0 radical (unpaired) electrons. The van der Waals surface area contributed by atoms with Gasteiger partial charge in [0.25, 0.3) is 0 Å². The van der Waals surface area contributed by atoms with Gasteiger partial charge in [-0.25, -0.2) is 0 Å². The molecule has 0 aliphatic carbocycles. The summed E-state index contributed by atoms with van der Waals surface area (Å²) in [5.41, 5.74) is 0. The smallest absolute Gasteiger partial charge is 0.308 e. The standard InChI is InChI=1S/C24H46O4/c1-5-6-7-8-9-10-13-16-19-23(25)27-22(4)28-24(26)20-17-14-11-12-15-18-21(2)3/h21-22H,5-20H2,1-4H3. The molecule has 0 aromatic carbocycles. The Morgan fingerprint density at radius 1 is 0.607 bits per heavy atom. The molecule has 0 bridgehead atoms. The summed E-state index contributed by atoms with van der Waals surface area (Å²) in [7, 11) is 0. The fraction of sp³-hybridized carbons (Fsp3) is 0.917. The molecule has 166 valence electrons. The molecule has 0 rings (SSSR count). The fourth-order valence-corrected chi connectivity index (χ4v) is 3.27. The zero-order valence-electron chi connectivity index (χ0n) is 19.1. The van der Waals surface area contributed by atoms with Gasteiger partial charge < -0.3 is 9.47 Å². The molecule has 0 spiro atoms. The van der Waals surface area contributed by atoms with E-state index < -0.39 is 6.29 Å². The van der Waals surface area contributed by atoms with Crippen molar-refractivity contribution < 1.29 is 19.1 Å². The zero-order chi connectivity index (χ0) is 21.0. The Morgan fingerprint density at radius 3 is 1.43 bits per heavy atom. The van der Waals surface area contributed by atoms with Crippen molar-refractivity contribution in [1.82, 2.24) is 0 Å². The lowest BCUT2D eigenvalue weighted by atomic mass is 10.0. The van der Waals surface area contributed by atoms with Gasteiger partial charge in [0.2, 0.25) is 6.29 Å². The van der Waals surface area contributed by atoms with Crippen molar-refractivity contribution in [2.75, 3.05) is 0 Å². The van der Waals surface area contributed by atoms with Crippen molar-refractivity contribution in [3.8, 4) is 0 Å². The van der Waals surface area contributed by atoms with E-state index >= 15 is 0 Å². The minimum absolute atomic E-state index is 0.267. The first kappa shape index (κ1) is 26.9. The summed E-state index contributed by atoms with van der Waals surface area (Å²) in [5, 5.41) is 0. The second-order valence-corrected chi connectivity index (χ2v) is 8.47. The molecular weight excluding hydrogens is 352 g/mol. The van der Waals surface area contributed by atoms with E-state index in [1.807, 2.05) is 0 Å². The molecule has 0 aliphatic heterocycles. The molecule has 1 atom stereocenters. The van der Waals surface area contributed by atoms with Gasteiger partial charge in [-0.15, -0.1) is 0 Å². The quantitative estimate of drug-likeness (QED) is 0.130. The highest BCUT2D eigenvalue weighted by Gasteiger charge is 2.13. The van der Waals surface area contributed by atoms with Gasteiger partial charge in [-0.1, -0.05) is 97.8 Å². The van der Waals surface area contributed by atoms with E-state index in [-0.39, 0.29) is 11.9 Å². The Labute approximate surface area is 174 Å². The van der Waals surface area contributed by atoms with Gasteiger partial charge in [0, 0.05) is 19.8 Å². The molecule has 4 heteroatoms. The number of unbranched alkanes of at least 4 members (excludes halogenated alkanes) is 11. The molecule has 28 heavy (non-hydrogen) atoms. The van der Waals surface area contributed by atoms with E-state index in [4.69, 9.17) is 9.47 Å². The van der Waals surface area contributed by atoms with Crippen molar-refractivity contribution in [3.63, 3.8) is 0 Å². The van der Waals surface area contributed by atoms with Gasteiger partial charge in [-0.2, -0.15) is 0 Å². The van der Waals surface area contributed by atoms with Crippen LogP contribution in [0.25, 0.3) is 0 Å². The highest BCUT2D eigenvalue weighted by Crippen LogP contribution is 2.13. The molecule has 1 unspecified atom stereocenters. The topological polar surface area (TPSA) is 52.6 Å². The predicted molar refractivity (Wildman–Crippen MR) is 116 cm³/mol. The Balaban J connectivity index is 3.53. The lowest BCUT2D eigenvalue weighted by molar-refractivity contribution is -0.184. The van der Waals surface area contributed by atoms with E-state index in [2.05, 4.69) is 20.8 Å². The fourth-order valence-electron chi connectivity index (χ4n) is 3.27. The summed E-state index contributed by atoms with van der Waals surface area (Å²) >= 11 is 0. The van der Waals surface area contributed by atoms with E-state index in [1.165, 1.54) is 64.2 Å². The predicted octanol–water partition coefficient (Wildman–Crippen LogP) is 7.34. The third kappa shape index (κ3) is 19.7. The van der Waals surface area contributed by atoms with Gasteiger partial charge in [0.15, 0.2) is 0 Å². The average Bonchev–Trinajstić information content (AvgIpc) is 2.62. The summed E-state index contributed by atoms with van der Waals surface area (Å²) in [6.07, 6.45) is 16.4. The van der Waals surface area contributed by atoms with E-state index in [0.717, 1.165) is 31.6 Å². The number of rotatable bonds is 19. The average molecular weight is 399 g/mol. The van der Waals surface area contributed by atoms with Crippen LogP contribution in [0.2, 0.25) is 0 Å². The molecule has 0 saturated carbocycles. The van der Waals surface area contributed by atoms with Crippen LogP contribution in [0.1, 0.15) is 130 Å². The summed E-state index contributed by atoms with van der Waals surface area (Å²) in [5.74, 6) is 0.237. The number of carbonyl (C=O) groups is 2. The maximum Gasteiger partial charge on any atom is 0.308 e. The van der Waals surface area contributed by atoms with Crippen LogP contribution < -0.4 is 0 Å². The van der Waals surface area contributed by atoms with Crippen LogP contribution >= 0.6 is 0 Å². The molecule has 0 heterocycles. The van der Waals surface area contributed by atoms with Crippen LogP contribution in [0, 0.1) is 5.92 Å². The minimum Gasteiger partial charge on any atom is -0.425 e. The lowest BCUT2D eigenvalue weighted by Crippen LogP contribution is -2.21. The summed E-state index contributed by atoms with van der Waals surface area (Å²) in [6.45, 7) is 8.34. The van der Waals surface area contributed by atoms with E-state index in [0.29, 0.717) is 12.8 Å². The zero-order valence-corrected chi connectivity index (χ0v) is 19.1. The largest absolute Gasteiger partial charge is 0.425 e. The van der Waals surface area contributed by atoms with Crippen LogP contribution in [0.5, 0.6) is 0 Å². The number of esters is 2. The number of ether oxygens (including phenoxy) is 2. The monoisotopic (exact) mass is 398 g/mol. The van der Waals surface area contributed by atoms with Crippen molar-refractivity contribution in [2.45, 2.75) is 137 Å².